The Hall–Kier alpha value is -1.56. The topological polar surface area (TPSA) is 81.4 Å². The van der Waals surface area contributed by atoms with Crippen LogP contribution in [0.15, 0.2) is 22.7 Å². The van der Waals surface area contributed by atoms with Crippen LogP contribution in [-0.2, 0) is 9.53 Å². The number of nitrogens with two attached hydrogens (primary N) is 1. The first-order chi connectivity index (χ1) is 9.04. The summed E-state index contributed by atoms with van der Waals surface area (Å²) in [6.45, 7) is 2.34. The van der Waals surface area contributed by atoms with Crippen molar-refractivity contribution in [3.63, 3.8) is 0 Å². The van der Waals surface area contributed by atoms with Crippen molar-refractivity contribution in [2.45, 2.75) is 19.8 Å². The Kier molecular flexibility index (Phi) is 6.35. The number of hydrogen-bond acceptors (Lipinski definition) is 4. The Morgan fingerprint density at radius 3 is 2.84 bits per heavy atom. The van der Waals surface area contributed by atoms with Crippen LogP contribution in [-0.4, -0.2) is 25.0 Å². The summed E-state index contributed by atoms with van der Waals surface area (Å²) < 4.78 is 5.50. The number of carbonyl (C=O) groups is 2. The average molecular weight is 329 g/mol. The molecular weight excluding hydrogens is 312 g/mol. The van der Waals surface area contributed by atoms with Gasteiger partial charge >= 0.3 is 5.97 Å². The fraction of sp³-hybridized carbons (Fsp3) is 0.385. The molecule has 6 heteroatoms. The number of ether oxygens (including phenoxy) is 1. The molecule has 0 fully saturated rings. The van der Waals surface area contributed by atoms with E-state index in [-0.39, 0.29) is 12.5 Å². The first-order valence-corrected chi connectivity index (χ1v) is 6.82. The van der Waals surface area contributed by atoms with E-state index in [0.29, 0.717) is 22.3 Å². The van der Waals surface area contributed by atoms with Gasteiger partial charge in [0, 0.05) is 16.7 Å². The number of amides is 1. The molecule has 0 radical (unpaired) electrons. The van der Waals surface area contributed by atoms with E-state index in [9.17, 15) is 9.59 Å². The molecule has 0 atom stereocenters. The van der Waals surface area contributed by atoms with Crippen molar-refractivity contribution in [3.05, 3.63) is 28.2 Å². The molecule has 0 saturated carbocycles. The number of esters is 1. The highest BCUT2D eigenvalue weighted by molar-refractivity contribution is 9.10. The van der Waals surface area contributed by atoms with Crippen molar-refractivity contribution >= 4 is 33.5 Å². The average Bonchev–Trinajstić information content (AvgIpc) is 2.39. The highest BCUT2D eigenvalue weighted by Crippen LogP contribution is 2.20. The third-order valence-electron chi connectivity index (χ3n) is 2.40. The quantitative estimate of drug-likeness (QED) is 0.476. The normalized spacial score (nSPS) is 10.0. The molecule has 0 bridgehead atoms. The summed E-state index contributed by atoms with van der Waals surface area (Å²) in [5.41, 5.74) is 6.36. The second-order valence-electron chi connectivity index (χ2n) is 4.02. The van der Waals surface area contributed by atoms with Crippen molar-refractivity contribution in [2.24, 2.45) is 0 Å². The number of anilines is 1. The molecule has 1 amide bonds. The maximum atomic E-state index is 11.8. The lowest BCUT2D eigenvalue weighted by atomic mass is 10.2. The zero-order valence-corrected chi connectivity index (χ0v) is 12.3. The van der Waals surface area contributed by atoms with Crippen LogP contribution in [0.3, 0.4) is 0 Å². The minimum Gasteiger partial charge on any atom is -0.452 e. The SMILES string of the molecule is CCCCNC(=O)COC(=O)c1cc(N)ccc1Br. The summed E-state index contributed by atoms with van der Waals surface area (Å²) in [4.78, 5) is 23.1. The lowest BCUT2D eigenvalue weighted by Crippen LogP contribution is -2.29. The van der Waals surface area contributed by atoms with Gasteiger partial charge in [0.05, 0.1) is 5.56 Å². The number of halogens is 1. The second-order valence-corrected chi connectivity index (χ2v) is 4.87. The van der Waals surface area contributed by atoms with Crippen LogP contribution in [0.4, 0.5) is 5.69 Å². The fourth-order valence-electron chi connectivity index (χ4n) is 1.36. The van der Waals surface area contributed by atoms with Gasteiger partial charge in [-0.15, -0.1) is 0 Å². The second kappa shape index (κ2) is 7.78. The summed E-state index contributed by atoms with van der Waals surface area (Å²) >= 11 is 3.23. The van der Waals surface area contributed by atoms with E-state index < -0.39 is 5.97 Å². The van der Waals surface area contributed by atoms with Crippen molar-refractivity contribution in [3.8, 4) is 0 Å². The Morgan fingerprint density at radius 2 is 2.16 bits per heavy atom. The molecule has 0 aliphatic rings. The van der Waals surface area contributed by atoms with Crippen molar-refractivity contribution < 1.29 is 14.3 Å². The zero-order chi connectivity index (χ0) is 14.3. The van der Waals surface area contributed by atoms with Crippen LogP contribution in [0.5, 0.6) is 0 Å². The van der Waals surface area contributed by atoms with Gasteiger partial charge in [0.1, 0.15) is 0 Å². The lowest BCUT2D eigenvalue weighted by molar-refractivity contribution is -0.124. The number of benzene rings is 1. The molecule has 1 aromatic carbocycles. The lowest BCUT2D eigenvalue weighted by Gasteiger charge is -2.07. The van der Waals surface area contributed by atoms with Crippen LogP contribution >= 0.6 is 15.9 Å². The molecule has 0 aromatic heterocycles. The third-order valence-corrected chi connectivity index (χ3v) is 3.09. The molecule has 104 valence electrons. The highest BCUT2D eigenvalue weighted by atomic mass is 79.9. The van der Waals surface area contributed by atoms with Crippen molar-refractivity contribution in [1.29, 1.82) is 0 Å². The zero-order valence-electron chi connectivity index (χ0n) is 10.7. The molecule has 0 saturated heterocycles. The Balaban J connectivity index is 2.47. The van der Waals surface area contributed by atoms with Gasteiger partial charge in [0.25, 0.3) is 5.91 Å². The number of unbranched alkanes of at least 4 members (excludes halogenated alkanes) is 1. The van der Waals surface area contributed by atoms with Crippen LogP contribution in [0.25, 0.3) is 0 Å². The van der Waals surface area contributed by atoms with E-state index in [0.717, 1.165) is 12.8 Å². The predicted octanol–water partition coefficient (Wildman–Crippen LogP) is 2.10. The minimum atomic E-state index is -0.579. The molecule has 1 rings (SSSR count). The van der Waals surface area contributed by atoms with E-state index in [4.69, 9.17) is 10.5 Å². The number of nitrogens with one attached hydrogen (secondary N) is 1. The Morgan fingerprint density at radius 1 is 1.42 bits per heavy atom. The highest BCUT2D eigenvalue weighted by Gasteiger charge is 2.13. The molecule has 0 spiro atoms. The smallest absolute Gasteiger partial charge is 0.339 e. The monoisotopic (exact) mass is 328 g/mol. The van der Waals surface area contributed by atoms with Gasteiger partial charge in [-0.1, -0.05) is 13.3 Å². The van der Waals surface area contributed by atoms with Gasteiger partial charge in [0.2, 0.25) is 0 Å². The maximum absolute atomic E-state index is 11.8. The molecule has 19 heavy (non-hydrogen) atoms. The standard InChI is InChI=1S/C13H17BrN2O3/c1-2-3-6-16-12(17)8-19-13(18)10-7-9(15)4-5-11(10)14/h4-5,7H,2-3,6,8,15H2,1H3,(H,16,17). The molecule has 5 nitrogen and oxygen atoms in total. The number of nitrogen functional groups attached to an aromatic ring is 1. The first-order valence-electron chi connectivity index (χ1n) is 6.03. The Bertz CT molecular complexity index is 463. The van der Waals surface area contributed by atoms with Gasteiger partial charge < -0.3 is 15.8 Å². The summed E-state index contributed by atoms with van der Waals surface area (Å²) in [5, 5.41) is 2.66. The molecule has 0 aliphatic heterocycles. The van der Waals surface area contributed by atoms with Gasteiger partial charge in [-0.3, -0.25) is 4.79 Å². The van der Waals surface area contributed by atoms with Crippen molar-refractivity contribution in [1.82, 2.24) is 5.32 Å². The molecule has 0 heterocycles. The van der Waals surface area contributed by atoms with E-state index in [1.807, 2.05) is 6.92 Å². The number of rotatable bonds is 6. The summed E-state index contributed by atoms with van der Waals surface area (Å²) in [7, 11) is 0. The summed E-state index contributed by atoms with van der Waals surface area (Å²) in [6, 6.07) is 4.83. The largest absolute Gasteiger partial charge is 0.452 e. The van der Waals surface area contributed by atoms with Gasteiger partial charge in [-0.2, -0.15) is 0 Å². The van der Waals surface area contributed by atoms with E-state index in [2.05, 4.69) is 21.2 Å². The van der Waals surface area contributed by atoms with Crippen LogP contribution < -0.4 is 11.1 Å². The van der Waals surface area contributed by atoms with Crippen molar-refractivity contribution in [2.75, 3.05) is 18.9 Å². The Labute approximate surface area is 120 Å². The maximum Gasteiger partial charge on any atom is 0.339 e. The number of hydrogen-bond donors (Lipinski definition) is 2. The van der Waals surface area contributed by atoms with E-state index in [1.54, 1.807) is 12.1 Å². The van der Waals surface area contributed by atoms with Crippen LogP contribution in [0, 0.1) is 0 Å². The molecule has 3 N–H and O–H groups in total. The van der Waals surface area contributed by atoms with Gasteiger partial charge in [0.15, 0.2) is 6.61 Å². The minimum absolute atomic E-state index is 0.288. The van der Waals surface area contributed by atoms with E-state index >= 15 is 0 Å². The first kappa shape index (κ1) is 15.5. The molecule has 0 unspecified atom stereocenters. The summed E-state index contributed by atoms with van der Waals surface area (Å²) in [6.07, 6.45) is 1.90. The fourth-order valence-corrected chi connectivity index (χ4v) is 1.77. The van der Waals surface area contributed by atoms with Crippen LogP contribution in [0.1, 0.15) is 30.1 Å². The third kappa shape index (κ3) is 5.30. The molecular formula is C13H17BrN2O3. The predicted molar refractivity (Wildman–Crippen MR) is 76.8 cm³/mol. The van der Waals surface area contributed by atoms with E-state index in [1.165, 1.54) is 6.07 Å². The van der Waals surface area contributed by atoms with Crippen LogP contribution in [0.2, 0.25) is 0 Å². The molecule has 1 aromatic rings. The van der Waals surface area contributed by atoms with Gasteiger partial charge in [-0.05, 0) is 40.5 Å². The molecule has 0 aliphatic carbocycles. The number of carbonyl (C=O) groups excluding carboxylic acids is 2. The van der Waals surface area contributed by atoms with Gasteiger partial charge in [-0.25, -0.2) is 4.79 Å². The summed E-state index contributed by atoms with van der Waals surface area (Å²) in [5.74, 6) is -0.883.